The van der Waals surface area contributed by atoms with Crippen LogP contribution in [0.4, 0.5) is 5.69 Å². The molecule has 4 N–H and O–H groups in total. The topological polar surface area (TPSA) is 141 Å². The summed E-state index contributed by atoms with van der Waals surface area (Å²) in [5, 5.41) is 19.7. The zero-order valence-electron chi connectivity index (χ0n) is 8.17. The van der Waals surface area contributed by atoms with E-state index in [0.29, 0.717) is 6.07 Å². The number of nitrogens with two attached hydrogens (primary N) is 1. The zero-order chi connectivity index (χ0) is 11.8. The Labute approximate surface area is 113 Å². The summed E-state index contributed by atoms with van der Waals surface area (Å²) in [6.07, 6.45) is 0. The smallest absolute Gasteiger partial charge is 0.872 e. The summed E-state index contributed by atoms with van der Waals surface area (Å²) in [6, 6.07) is 1.47. The van der Waals surface area contributed by atoms with Gasteiger partial charge in [0.25, 0.3) is 10.1 Å². The van der Waals surface area contributed by atoms with Gasteiger partial charge in [-0.3, -0.25) is 4.55 Å². The second kappa shape index (κ2) is 5.02. The first-order chi connectivity index (χ1) is 6.73. The predicted molar refractivity (Wildman–Crippen MR) is 47.1 cm³/mol. The fourth-order valence-corrected chi connectivity index (χ4v) is 1.76. The minimum absolute atomic E-state index is 0. The van der Waals surface area contributed by atoms with Gasteiger partial charge >= 0.3 is 35.5 Å². The van der Waals surface area contributed by atoms with Gasteiger partial charge < -0.3 is 15.9 Å². The van der Waals surface area contributed by atoms with E-state index in [1.165, 1.54) is 0 Å². The van der Waals surface area contributed by atoms with Gasteiger partial charge in [0.2, 0.25) is 0 Å². The van der Waals surface area contributed by atoms with Crippen LogP contribution in [0.25, 0.3) is 0 Å². The van der Waals surface area contributed by atoms with Crippen molar-refractivity contribution in [1.29, 1.82) is 0 Å². The van der Waals surface area contributed by atoms with Gasteiger partial charge in [-0.2, -0.15) is 8.42 Å². The van der Waals surface area contributed by atoms with Crippen molar-refractivity contribution in [3.05, 3.63) is 17.7 Å². The third-order valence-electron chi connectivity index (χ3n) is 1.58. The van der Waals surface area contributed by atoms with E-state index in [9.17, 15) is 18.3 Å². The van der Waals surface area contributed by atoms with Crippen molar-refractivity contribution < 1.29 is 57.5 Å². The molecular formula is C7H6NNaO6S. The Morgan fingerprint density at radius 2 is 1.88 bits per heavy atom. The maximum Gasteiger partial charge on any atom is 1.00 e. The fourth-order valence-electron chi connectivity index (χ4n) is 1.02. The number of nitrogen functional groups attached to an aromatic ring is 1. The number of rotatable bonds is 2. The number of carboxylic acids is 1. The van der Waals surface area contributed by atoms with Gasteiger partial charge in [0.15, 0.2) is 0 Å². The van der Waals surface area contributed by atoms with Gasteiger partial charge in [-0.25, -0.2) is 4.79 Å². The number of hydrogen-bond acceptors (Lipinski definition) is 5. The Morgan fingerprint density at radius 3 is 2.25 bits per heavy atom. The van der Waals surface area contributed by atoms with Crippen LogP contribution in [0.2, 0.25) is 0 Å². The summed E-state index contributed by atoms with van der Waals surface area (Å²) < 4.78 is 30.2. The molecule has 0 radical (unpaired) electrons. The molecule has 0 spiro atoms. The summed E-state index contributed by atoms with van der Waals surface area (Å²) in [6.45, 7) is 0. The standard InChI is InChI=1S/C7H7NO6S.Na/c8-3-1-4(9)6(7(10)11)5(2-3)15(12,13)14;/h1-2,9H,8H2,(H,10,11)(H,12,13,14);/q;+1/p-1. The molecule has 0 aliphatic rings. The van der Waals surface area contributed by atoms with Crippen molar-refractivity contribution in [2.24, 2.45) is 0 Å². The molecule has 0 aromatic heterocycles. The largest absolute Gasteiger partial charge is 1.00 e. The normalized spacial score (nSPS) is 10.6. The Kier molecular flexibility index (Phi) is 4.77. The molecule has 0 saturated heterocycles. The van der Waals surface area contributed by atoms with E-state index in [4.69, 9.17) is 15.4 Å². The van der Waals surface area contributed by atoms with Crippen molar-refractivity contribution in [2.45, 2.75) is 4.90 Å². The number of anilines is 1. The van der Waals surface area contributed by atoms with Gasteiger partial charge in [0, 0.05) is 5.69 Å². The number of aromatic carboxylic acids is 1. The van der Waals surface area contributed by atoms with E-state index in [2.05, 4.69) is 0 Å². The molecule has 1 aromatic carbocycles. The molecule has 0 unspecified atom stereocenters. The average molecular weight is 255 g/mol. The second-order valence-electron chi connectivity index (χ2n) is 2.67. The molecule has 9 heteroatoms. The number of carboxylic acid groups (broad SMARTS) is 1. The SMILES string of the molecule is Nc1cc([O-])c(C(=O)O)c(S(=O)(=O)O)c1.[Na+]. The maximum atomic E-state index is 11.1. The first-order valence-corrected chi connectivity index (χ1v) is 4.99. The van der Waals surface area contributed by atoms with Crippen LogP contribution < -0.4 is 40.4 Å². The van der Waals surface area contributed by atoms with Crippen molar-refractivity contribution in [3.8, 4) is 5.75 Å². The van der Waals surface area contributed by atoms with Crippen LogP contribution in [-0.2, 0) is 10.1 Å². The van der Waals surface area contributed by atoms with E-state index >= 15 is 0 Å². The van der Waals surface area contributed by atoms with Gasteiger partial charge in [-0.05, 0) is 12.1 Å². The molecule has 1 rings (SSSR count). The summed E-state index contributed by atoms with van der Waals surface area (Å²) in [5.74, 6) is -2.82. The summed E-state index contributed by atoms with van der Waals surface area (Å²) in [4.78, 5) is 9.58. The molecule has 7 nitrogen and oxygen atoms in total. The first kappa shape index (κ1) is 15.2. The van der Waals surface area contributed by atoms with E-state index in [0.717, 1.165) is 6.07 Å². The van der Waals surface area contributed by atoms with E-state index in [-0.39, 0.29) is 35.2 Å². The molecule has 0 aliphatic carbocycles. The molecule has 0 atom stereocenters. The zero-order valence-corrected chi connectivity index (χ0v) is 11.0. The Bertz CT molecular complexity index is 526. The third kappa shape index (κ3) is 3.09. The quantitative estimate of drug-likeness (QED) is 0.280. The fraction of sp³-hybridized carbons (Fsp3) is 0. The van der Waals surface area contributed by atoms with Crippen LogP contribution in [0.1, 0.15) is 10.4 Å². The van der Waals surface area contributed by atoms with E-state index in [1.807, 2.05) is 0 Å². The van der Waals surface area contributed by atoms with Crippen LogP contribution in [0, 0.1) is 0 Å². The molecule has 0 heterocycles. The van der Waals surface area contributed by atoms with Gasteiger partial charge in [0.05, 0.1) is 5.56 Å². The number of benzene rings is 1. The molecule has 0 fully saturated rings. The van der Waals surface area contributed by atoms with E-state index in [1.54, 1.807) is 0 Å². The minimum Gasteiger partial charge on any atom is -0.872 e. The number of hydrogen-bond donors (Lipinski definition) is 3. The molecule has 0 saturated carbocycles. The summed E-state index contributed by atoms with van der Waals surface area (Å²) in [7, 11) is -4.78. The maximum absolute atomic E-state index is 11.1. The monoisotopic (exact) mass is 255 g/mol. The Balaban J connectivity index is 0.00000225. The third-order valence-corrected chi connectivity index (χ3v) is 2.46. The second-order valence-corrected chi connectivity index (χ2v) is 4.06. The molecule has 0 bridgehead atoms. The summed E-state index contributed by atoms with van der Waals surface area (Å²) >= 11 is 0. The number of carbonyl (C=O) groups is 1. The van der Waals surface area contributed by atoms with Gasteiger partial charge in [-0.15, -0.1) is 0 Å². The van der Waals surface area contributed by atoms with Crippen LogP contribution in [0.15, 0.2) is 17.0 Å². The molecule has 0 amide bonds. The molecule has 82 valence electrons. The molecule has 1 aromatic rings. The van der Waals surface area contributed by atoms with Crippen molar-refractivity contribution in [1.82, 2.24) is 0 Å². The van der Waals surface area contributed by atoms with Crippen molar-refractivity contribution in [3.63, 3.8) is 0 Å². The predicted octanol–water partition coefficient (Wildman–Crippen LogP) is -3.71. The van der Waals surface area contributed by atoms with Gasteiger partial charge in [0.1, 0.15) is 4.90 Å². The van der Waals surface area contributed by atoms with E-state index < -0.39 is 32.3 Å². The molecular weight excluding hydrogens is 249 g/mol. The van der Waals surface area contributed by atoms with Crippen molar-refractivity contribution in [2.75, 3.05) is 5.73 Å². The van der Waals surface area contributed by atoms with Crippen LogP contribution in [-0.4, -0.2) is 24.0 Å². The summed E-state index contributed by atoms with van der Waals surface area (Å²) in [5.41, 5.74) is 3.90. The molecule has 0 aliphatic heterocycles. The Hall–Kier alpha value is -0.800. The van der Waals surface area contributed by atoms with Crippen molar-refractivity contribution >= 4 is 21.8 Å². The minimum atomic E-state index is -4.78. The van der Waals surface area contributed by atoms with Crippen LogP contribution in [0.5, 0.6) is 5.75 Å². The Morgan fingerprint density at radius 1 is 1.38 bits per heavy atom. The van der Waals surface area contributed by atoms with Gasteiger partial charge in [-0.1, -0.05) is 5.75 Å². The van der Waals surface area contributed by atoms with Crippen LogP contribution >= 0.6 is 0 Å². The van der Waals surface area contributed by atoms with Crippen LogP contribution in [0.3, 0.4) is 0 Å². The first-order valence-electron chi connectivity index (χ1n) is 3.55. The average Bonchev–Trinajstić information content (AvgIpc) is 1.99. The molecule has 16 heavy (non-hydrogen) atoms.